The van der Waals surface area contributed by atoms with Crippen LogP contribution in [0.4, 0.5) is 5.69 Å². The largest absolute Gasteiger partial charge is 0.455 e. The number of ether oxygens (including phenoxy) is 1. The second-order valence-corrected chi connectivity index (χ2v) is 10.1. The Labute approximate surface area is 192 Å². The highest BCUT2D eigenvalue weighted by Gasteiger charge is 2.22. The quantitative estimate of drug-likeness (QED) is 0.477. The molecule has 0 atom stereocenters. The molecule has 1 N–H and O–H groups in total. The highest BCUT2D eigenvalue weighted by molar-refractivity contribution is 7.92. The molecule has 7 nitrogen and oxygen atoms in total. The normalized spacial score (nSPS) is 13.6. The number of hydrogen-bond acceptors (Lipinski definition) is 4. The highest BCUT2D eigenvalue weighted by atomic mass is 32.2. The summed E-state index contributed by atoms with van der Waals surface area (Å²) in [6, 6.07) is 17.8. The van der Waals surface area contributed by atoms with E-state index in [4.69, 9.17) is 4.74 Å². The average molecular weight is 464 g/mol. The molecule has 3 aromatic carbocycles. The van der Waals surface area contributed by atoms with Gasteiger partial charge in [-0.15, -0.1) is 0 Å². The van der Waals surface area contributed by atoms with Crippen LogP contribution < -0.4 is 15.1 Å². The molecule has 1 aliphatic rings. The molecule has 0 spiro atoms. The minimum Gasteiger partial charge on any atom is -0.455 e. The number of fused-ring (bicyclic) bond motifs is 2. The fraction of sp³-hybridized carbons (Fsp3) is 0.240. The molecule has 1 aliphatic carbocycles. The zero-order valence-electron chi connectivity index (χ0n) is 18.5. The summed E-state index contributed by atoms with van der Waals surface area (Å²) in [5.41, 5.74) is 3.62. The molecule has 0 saturated carbocycles. The van der Waals surface area contributed by atoms with Gasteiger partial charge in [0.2, 0.25) is 0 Å². The van der Waals surface area contributed by atoms with Gasteiger partial charge in [-0.3, -0.25) is 13.9 Å². The lowest BCUT2D eigenvalue weighted by atomic mass is 9.92. The van der Waals surface area contributed by atoms with Crippen molar-refractivity contribution in [2.45, 2.75) is 30.6 Å². The Kier molecular flexibility index (Phi) is 5.25. The maximum atomic E-state index is 13.3. The van der Waals surface area contributed by atoms with Crippen molar-refractivity contribution < 1.29 is 13.2 Å². The average Bonchev–Trinajstić information content (AvgIpc) is 3.03. The molecule has 4 aromatic rings. The van der Waals surface area contributed by atoms with Gasteiger partial charge < -0.3 is 4.74 Å². The van der Waals surface area contributed by atoms with E-state index in [1.54, 1.807) is 50.5 Å². The molecule has 170 valence electrons. The standard InChI is InChI=1S/C25H25N3O4S/c1-27-22-15-21(26-33(30,31)20-13-12-17-8-6-7-9-18(17)14-20)24(16-23(22)28(2)25(27)29)32-19-10-4-3-5-11-19/h3-5,10-16,26H,6-9H2,1-2H3. The molecular weight excluding hydrogens is 438 g/mol. The number of nitrogens with zero attached hydrogens (tertiary/aromatic N) is 2. The van der Waals surface area contributed by atoms with Gasteiger partial charge >= 0.3 is 5.69 Å². The monoisotopic (exact) mass is 463 g/mol. The number of hydrogen-bond donors (Lipinski definition) is 1. The number of aromatic nitrogens is 2. The zero-order valence-corrected chi connectivity index (χ0v) is 19.4. The summed E-state index contributed by atoms with van der Waals surface area (Å²) < 4.78 is 38.4. The maximum absolute atomic E-state index is 13.3. The molecule has 0 fully saturated rings. The van der Waals surface area contributed by atoms with Gasteiger partial charge in [0.05, 0.1) is 21.6 Å². The van der Waals surface area contributed by atoms with E-state index < -0.39 is 10.0 Å². The topological polar surface area (TPSA) is 82.3 Å². The van der Waals surface area contributed by atoms with Gasteiger partial charge in [0.1, 0.15) is 5.75 Å². The number of sulfonamides is 1. The lowest BCUT2D eigenvalue weighted by Gasteiger charge is -2.18. The molecule has 33 heavy (non-hydrogen) atoms. The van der Waals surface area contributed by atoms with Gasteiger partial charge in [0.15, 0.2) is 5.75 Å². The van der Waals surface area contributed by atoms with Crippen LogP contribution in [-0.4, -0.2) is 17.6 Å². The second kappa shape index (κ2) is 8.12. The lowest BCUT2D eigenvalue weighted by Crippen LogP contribution is -2.19. The predicted octanol–water partition coefficient (Wildman–Crippen LogP) is 4.35. The van der Waals surface area contributed by atoms with Crippen LogP contribution in [0.25, 0.3) is 11.0 Å². The van der Waals surface area contributed by atoms with Crippen LogP contribution in [0.1, 0.15) is 24.0 Å². The number of benzene rings is 3. The number of rotatable bonds is 5. The maximum Gasteiger partial charge on any atom is 0.328 e. The third kappa shape index (κ3) is 3.91. The molecule has 0 amide bonds. The highest BCUT2D eigenvalue weighted by Crippen LogP contribution is 2.35. The van der Waals surface area contributed by atoms with Gasteiger partial charge in [0, 0.05) is 20.2 Å². The minimum atomic E-state index is -3.87. The molecule has 5 rings (SSSR count). The van der Waals surface area contributed by atoms with Crippen LogP contribution in [-0.2, 0) is 37.0 Å². The van der Waals surface area contributed by atoms with E-state index >= 15 is 0 Å². The van der Waals surface area contributed by atoms with Gasteiger partial charge in [-0.1, -0.05) is 24.3 Å². The van der Waals surface area contributed by atoms with E-state index in [9.17, 15) is 13.2 Å². The van der Waals surface area contributed by atoms with Crippen molar-refractivity contribution in [3.63, 3.8) is 0 Å². The minimum absolute atomic E-state index is 0.203. The van der Waals surface area contributed by atoms with E-state index in [0.29, 0.717) is 22.5 Å². The van der Waals surface area contributed by atoms with Crippen LogP contribution in [0.3, 0.4) is 0 Å². The SMILES string of the molecule is Cn1c(=O)n(C)c2cc(Oc3ccccc3)c(NS(=O)(=O)c3ccc4c(c3)CCCC4)cc21. The van der Waals surface area contributed by atoms with Crippen molar-refractivity contribution in [2.75, 3.05) is 4.72 Å². The summed E-state index contributed by atoms with van der Waals surface area (Å²) in [7, 11) is -0.539. The van der Waals surface area contributed by atoms with Crippen molar-refractivity contribution in [1.82, 2.24) is 9.13 Å². The number of aryl methyl sites for hydroxylation is 4. The van der Waals surface area contributed by atoms with Crippen LogP contribution in [0.5, 0.6) is 11.5 Å². The first kappa shape index (κ1) is 21.3. The van der Waals surface area contributed by atoms with Crippen molar-refractivity contribution in [1.29, 1.82) is 0 Å². The molecule has 1 aromatic heterocycles. The summed E-state index contributed by atoms with van der Waals surface area (Å²) in [5.74, 6) is 0.878. The number of anilines is 1. The van der Waals surface area contributed by atoms with Gasteiger partial charge in [0.25, 0.3) is 10.0 Å². The molecule has 0 bridgehead atoms. The Hall–Kier alpha value is -3.52. The molecule has 0 radical (unpaired) electrons. The first-order valence-electron chi connectivity index (χ1n) is 10.9. The third-order valence-electron chi connectivity index (χ3n) is 6.22. The second-order valence-electron chi connectivity index (χ2n) is 8.40. The van der Waals surface area contributed by atoms with Crippen LogP contribution >= 0.6 is 0 Å². The summed E-state index contributed by atoms with van der Waals surface area (Å²) in [6.45, 7) is 0. The smallest absolute Gasteiger partial charge is 0.328 e. The summed E-state index contributed by atoms with van der Waals surface area (Å²) in [6.07, 6.45) is 4.07. The van der Waals surface area contributed by atoms with E-state index in [1.165, 1.54) is 14.7 Å². The Morgan fingerprint density at radius 2 is 1.52 bits per heavy atom. The van der Waals surface area contributed by atoms with Gasteiger partial charge in [-0.2, -0.15) is 0 Å². The van der Waals surface area contributed by atoms with Crippen molar-refractivity contribution in [3.8, 4) is 11.5 Å². The Morgan fingerprint density at radius 3 is 2.24 bits per heavy atom. The predicted molar refractivity (Wildman–Crippen MR) is 129 cm³/mol. The third-order valence-corrected chi connectivity index (χ3v) is 7.58. The van der Waals surface area contributed by atoms with Gasteiger partial charge in [-0.05, 0) is 67.1 Å². The number of nitrogens with one attached hydrogen (secondary N) is 1. The van der Waals surface area contributed by atoms with Crippen LogP contribution in [0.15, 0.2) is 70.4 Å². The summed E-state index contributed by atoms with van der Waals surface area (Å²) in [5, 5.41) is 0. The van der Waals surface area contributed by atoms with E-state index in [0.717, 1.165) is 31.2 Å². The first-order chi connectivity index (χ1) is 15.8. The Bertz CT molecular complexity index is 1520. The van der Waals surface area contributed by atoms with Gasteiger partial charge in [-0.25, -0.2) is 13.2 Å². The number of imidazole rings is 1. The molecule has 0 aliphatic heterocycles. The molecule has 0 unspecified atom stereocenters. The van der Waals surface area contributed by atoms with Crippen molar-refractivity contribution >= 4 is 26.7 Å². The Balaban J connectivity index is 1.60. The molecule has 8 heteroatoms. The van der Waals surface area contributed by atoms with Crippen molar-refractivity contribution in [2.24, 2.45) is 14.1 Å². The number of para-hydroxylation sites is 1. The zero-order chi connectivity index (χ0) is 23.2. The molecule has 0 saturated heterocycles. The van der Waals surface area contributed by atoms with Crippen LogP contribution in [0.2, 0.25) is 0 Å². The fourth-order valence-corrected chi connectivity index (χ4v) is 5.50. The van der Waals surface area contributed by atoms with Crippen molar-refractivity contribution in [3.05, 3.63) is 82.3 Å². The van der Waals surface area contributed by atoms with E-state index in [2.05, 4.69) is 4.72 Å². The van der Waals surface area contributed by atoms with E-state index in [-0.39, 0.29) is 16.3 Å². The summed E-state index contributed by atoms with van der Waals surface area (Å²) in [4.78, 5) is 12.7. The van der Waals surface area contributed by atoms with Crippen LogP contribution in [0, 0.1) is 0 Å². The summed E-state index contributed by atoms with van der Waals surface area (Å²) >= 11 is 0. The van der Waals surface area contributed by atoms with E-state index in [1.807, 2.05) is 24.3 Å². The lowest BCUT2D eigenvalue weighted by molar-refractivity contribution is 0.485. The first-order valence-corrected chi connectivity index (χ1v) is 12.4. The molecule has 1 heterocycles. The Morgan fingerprint density at radius 1 is 0.848 bits per heavy atom. The fourth-order valence-electron chi connectivity index (χ4n) is 4.39. The molecular formula is C25H25N3O4S.